The van der Waals surface area contributed by atoms with E-state index in [0.29, 0.717) is 6.07 Å². The molecule has 0 radical (unpaired) electrons. The highest BCUT2D eigenvalue weighted by Gasteiger charge is 2.74. The van der Waals surface area contributed by atoms with Crippen molar-refractivity contribution in [3.63, 3.8) is 0 Å². The number of ether oxygens (including phenoxy) is 1. The molecule has 3 aliphatic carbocycles. The van der Waals surface area contributed by atoms with Crippen molar-refractivity contribution >= 4 is 21.7 Å². The first-order valence-corrected chi connectivity index (χ1v) is 16.4. The van der Waals surface area contributed by atoms with Crippen LogP contribution in [0.2, 0.25) is 0 Å². The average Bonchev–Trinajstić information content (AvgIpc) is 3.03. The summed E-state index contributed by atoms with van der Waals surface area (Å²) < 4.78 is 143. The zero-order valence-corrected chi connectivity index (χ0v) is 25.4. The van der Waals surface area contributed by atoms with Gasteiger partial charge >= 0.3 is 24.0 Å². The predicted molar refractivity (Wildman–Crippen MR) is 147 cm³/mol. The molecular formula is C31H29F8NO6S. The molecule has 7 nitrogen and oxygen atoms in total. The van der Waals surface area contributed by atoms with E-state index in [2.05, 4.69) is 0 Å². The van der Waals surface area contributed by atoms with Gasteiger partial charge in [-0.1, -0.05) is 12.1 Å². The van der Waals surface area contributed by atoms with Crippen molar-refractivity contribution in [3.05, 3.63) is 59.4 Å². The van der Waals surface area contributed by atoms with Gasteiger partial charge in [0, 0.05) is 23.1 Å². The maximum Gasteiger partial charge on any atom is 0.435 e. The number of sulfone groups is 1. The number of carboxylic acids is 1. The molecule has 1 N–H and O–H groups in total. The number of aliphatic carboxylic acids is 1. The molecule has 2 bridgehead atoms. The van der Waals surface area contributed by atoms with Gasteiger partial charge in [-0.25, -0.2) is 17.2 Å². The molecule has 0 spiro atoms. The van der Waals surface area contributed by atoms with Crippen LogP contribution in [-0.4, -0.2) is 61.8 Å². The molecule has 3 saturated carbocycles. The highest BCUT2D eigenvalue weighted by Crippen LogP contribution is 2.60. The van der Waals surface area contributed by atoms with Gasteiger partial charge < -0.3 is 14.7 Å². The summed E-state index contributed by atoms with van der Waals surface area (Å²) in [6, 6.07) is 3.42. The number of carboxylic acid groups (broad SMARTS) is 1. The second-order valence-electron chi connectivity index (χ2n) is 13.0. The fraction of sp³-hybridized carbons (Fsp3) is 0.548. The van der Waals surface area contributed by atoms with Crippen molar-refractivity contribution in [3.8, 4) is 5.75 Å². The first-order valence-electron chi connectivity index (χ1n) is 14.9. The lowest BCUT2D eigenvalue weighted by molar-refractivity contribution is -0.348. The molecule has 4 fully saturated rings. The number of fused-ring (bicyclic) bond motifs is 6. The van der Waals surface area contributed by atoms with Crippen LogP contribution in [0.5, 0.6) is 5.75 Å². The Morgan fingerprint density at radius 3 is 1.91 bits per heavy atom. The number of amides is 1. The maximum atomic E-state index is 15.1. The Morgan fingerprint density at radius 1 is 0.830 bits per heavy atom. The van der Waals surface area contributed by atoms with Crippen LogP contribution < -0.4 is 4.74 Å². The number of hydrogen-bond donors (Lipinski definition) is 1. The summed E-state index contributed by atoms with van der Waals surface area (Å²) >= 11 is 0. The van der Waals surface area contributed by atoms with E-state index >= 15 is 4.39 Å². The molecule has 7 rings (SSSR count). The standard InChI is InChI=1S/C31H29F8NO6S/c32-19-3-5-20(6-4-19)47(44,45)28-8-1-15-40(24(41)26-9-12-27(13-10-26,14-11-26)25(42)43)23(28)17-46-22-16-18(2-7-21(22)28)29(33,30(34,35)36)31(37,38)39/h2-7,16,23H,1,8-15,17H2,(H,42,43). The summed E-state index contributed by atoms with van der Waals surface area (Å²) in [6.45, 7) is -0.627. The van der Waals surface area contributed by atoms with Crippen LogP contribution in [0, 0.1) is 16.6 Å². The number of benzene rings is 2. The number of likely N-dealkylation sites (tertiary alicyclic amines) is 1. The van der Waals surface area contributed by atoms with Gasteiger partial charge in [0.05, 0.1) is 16.4 Å². The van der Waals surface area contributed by atoms with E-state index in [4.69, 9.17) is 4.74 Å². The van der Waals surface area contributed by atoms with E-state index in [1.807, 2.05) is 0 Å². The SMILES string of the molecule is O=C(O)C12CCC(C(=O)N3CCCC4(S(=O)(=O)c5ccc(F)cc5)c5ccc(C(F)(C(F)(F)F)C(F)(F)F)cc5OCC34)(CC1)CC2. The molecule has 2 aromatic carbocycles. The largest absolute Gasteiger partial charge is 0.491 e. The smallest absolute Gasteiger partial charge is 0.435 e. The van der Waals surface area contributed by atoms with E-state index < -0.39 is 90.0 Å². The molecule has 5 aliphatic rings. The van der Waals surface area contributed by atoms with Gasteiger partial charge in [-0.3, -0.25) is 9.59 Å². The average molecular weight is 696 g/mol. The predicted octanol–water partition coefficient (Wildman–Crippen LogP) is 6.59. The molecular weight excluding hydrogens is 666 g/mol. The number of nitrogens with zero attached hydrogens (tertiary/aromatic N) is 1. The van der Waals surface area contributed by atoms with Crippen LogP contribution in [0.25, 0.3) is 0 Å². The van der Waals surface area contributed by atoms with Crippen molar-refractivity contribution in [1.82, 2.24) is 4.90 Å². The lowest BCUT2D eigenvalue weighted by Crippen LogP contribution is -2.66. The third kappa shape index (κ3) is 4.59. The van der Waals surface area contributed by atoms with Gasteiger partial charge in [0.15, 0.2) is 9.84 Å². The monoisotopic (exact) mass is 695 g/mol. The number of alkyl halides is 7. The summed E-state index contributed by atoms with van der Waals surface area (Å²) in [5.41, 5.74) is -9.99. The van der Waals surface area contributed by atoms with Crippen molar-refractivity contribution in [2.45, 2.75) is 85.1 Å². The first-order chi connectivity index (χ1) is 21.8. The summed E-state index contributed by atoms with van der Waals surface area (Å²) in [4.78, 5) is 27.3. The van der Waals surface area contributed by atoms with Gasteiger partial charge in [-0.2, -0.15) is 26.3 Å². The molecule has 2 atom stereocenters. The number of carbonyl (C=O) groups is 2. The van der Waals surface area contributed by atoms with E-state index in [1.165, 1.54) is 4.90 Å². The molecule has 0 aromatic heterocycles. The third-order valence-corrected chi connectivity index (χ3v) is 13.4. The maximum absolute atomic E-state index is 15.1. The van der Waals surface area contributed by atoms with E-state index in [1.54, 1.807) is 0 Å². The number of rotatable bonds is 5. The van der Waals surface area contributed by atoms with Crippen molar-refractivity contribution < 1.29 is 63.0 Å². The zero-order chi connectivity index (χ0) is 34.4. The molecule has 256 valence electrons. The Morgan fingerprint density at radius 2 is 1.38 bits per heavy atom. The van der Waals surface area contributed by atoms with E-state index in [-0.39, 0.29) is 75.6 Å². The molecule has 1 amide bonds. The summed E-state index contributed by atoms with van der Waals surface area (Å²) in [7, 11) is -4.71. The lowest BCUT2D eigenvalue weighted by Gasteiger charge is -2.56. The van der Waals surface area contributed by atoms with E-state index in [0.717, 1.165) is 24.3 Å². The topological polar surface area (TPSA) is 101 Å². The molecule has 2 aliphatic heterocycles. The normalized spacial score (nSPS) is 29.4. The molecule has 2 unspecified atom stereocenters. The highest BCUT2D eigenvalue weighted by molar-refractivity contribution is 7.92. The van der Waals surface area contributed by atoms with Gasteiger partial charge in [-0.05, 0) is 81.7 Å². The van der Waals surface area contributed by atoms with Gasteiger partial charge in [0.1, 0.15) is 22.9 Å². The molecule has 16 heteroatoms. The highest BCUT2D eigenvalue weighted by atomic mass is 32.2. The minimum absolute atomic E-state index is 0.0388. The molecule has 47 heavy (non-hydrogen) atoms. The second kappa shape index (κ2) is 10.5. The van der Waals surface area contributed by atoms with Crippen LogP contribution >= 0.6 is 0 Å². The summed E-state index contributed by atoms with van der Waals surface area (Å²) in [6.07, 6.45) is -11.7. The van der Waals surface area contributed by atoms with Gasteiger partial charge in [0.25, 0.3) is 0 Å². The zero-order valence-electron chi connectivity index (χ0n) is 24.6. The number of carbonyl (C=O) groups excluding carboxylic acids is 1. The molecule has 2 heterocycles. The van der Waals surface area contributed by atoms with Crippen LogP contribution in [0.3, 0.4) is 0 Å². The number of halogens is 8. The summed E-state index contributed by atoms with van der Waals surface area (Å²) in [5.74, 6) is -2.90. The fourth-order valence-electron chi connectivity index (χ4n) is 8.14. The Kier molecular flexibility index (Phi) is 7.50. The van der Waals surface area contributed by atoms with Gasteiger partial charge in [0.2, 0.25) is 5.91 Å². The number of piperidine rings is 1. The van der Waals surface area contributed by atoms with Crippen LogP contribution in [0.15, 0.2) is 47.4 Å². The molecule has 1 saturated heterocycles. The molecule has 2 aromatic rings. The van der Waals surface area contributed by atoms with Crippen molar-refractivity contribution in [2.75, 3.05) is 13.2 Å². The second-order valence-corrected chi connectivity index (χ2v) is 15.2. The number of hydrogen-bond acceptors (Lipinski definition) is 5. The van der Waals surface area contributed by atoms with Gasteiger partial charge in [-0.15, -0.1) is 0 Å². The Labute approximate surface area is 263 Å². The first kappa shape index (κ1) is 33.5. The van der Waals surface area contributed by atoms with Crippen LogP contribution in [0.4, 0.5) is 35.1 Å². The minimum atomic E-state index is -6.43. The third-order valence-electron chi connectivity index (χ3n) is 10.9. The van der Waals surface area contributed by atoms with E-state index in [9.17, 15) is 53.8 Å². The fourth-order valence-corrected chi connectivity index (χ4v) is 10.5. The van der Waals surface area contributed by atoms with Crippen LogP contribution in [0.1, 0.15) is 62.5 Å². The Balaban J connectivity index is 1.49. The Bertz CT molecular complexity index is 1690. The Hall–Kier alpha value is -3.43. The van der Waals surface area contributed by atoms with Crippen molar-refractivity contribution in [2.24, 2.45) is 10.8 Å². The summed E-state index contributed by atoms with van der Waals surface area (Å²) in [5, 5.41) is 9.79. The van der Waals surface area contributed by atoms with Crippen LogP contribution in [-0.2, 0) is 29.8 Å². The minimum Gasteiger partial charge on any atom is -0.491 e. The van der Waals surface area contributed by atoms with Crippen molar-refractivity contribution in [1.29, 1.82) is 0 Å². The lowest BCUT2D eigenvalue weighted by atomic mass is 9.53. The quantitative estimate of drug-likeness (QED) is 0.280.